The summed E-state index contributed by atoms with van der Waals surface area (Å²) in [7, 11) is 0. The predicted octanol–water partition coefficient (Wildman–Crippen LogP) is 2.53. The number of carbonyl (C=O) groups is 1. The summed E-state index contributed by atoms with van der Waals surface area (Å²) < 4.78 is 5.38. The van der Waals surface area contributed by atoms with Crippen LogP contribution in [0.5, 0.6) is 0 Å². The Morgan fingerprint density at radius 1 is 1.19 bits per heavy atom. The van der Waals surface area contributed by atoms with E-state index in [1.54, 1.807) is 0 Å². The number of rotatable bonds is 4. The molecule has 1 aromatic heterocycles. The molecule has 0 aromatic carbocycles. The van der Waals surface area contributed by atoms with E-state index < -0.39 is 0 Å². The third-order valence-electron chi connectivity index (χ3n) is 5.17. The molecule has 0 radical (unpaired) electrons. The maximum atomic E-state index is 12.4. The van der Waals surface area contributed by atoms with E-state index >= 15 is 0 Å². The molecule has 2 saturated carbocycles. The largest absolute Gasteiger partial charge is 0.342 e. The van der Waals surface area contributed by atoms with Crippen LogP contribution in [0.25, 0.3) is 0 Å². The van der Waals surface area contributed by atoms with Crippen LogP contribution in [0.3, 0.4) is 0 Å². The lowest BCUT2D eigenvalue weighted by Gasteiger charge is -2.37. The summed E-state index contributed by atoms with van der Waals surface area (Å²) in [6, 6.07) is 0. The van der Waals surface area contributed by atoms with Gasteiger partial charge in [-0.05, 0) is 44.4 Å². The lowest BCUT2D eigenvalue weighted by Crippen LogP contribution is -2.45. The molecule has 2 heterocycles. The number of aromatic nitrogens is 2. The maximum absolute atomic E-state index is 12.4. The number of piperidine rings is 1. The number of carbonyl (C=O) groups excluding carboxylic acids is 1. The van der Waals surface area contributed by atoms with E-state index in [1.807, 2.05) is 0 Å². The van der Waals surface area contributed by atoms with Crippen LogP contribution in [0, 0.1) is 11.8 Å². The molecule has 114 valence electrons. The van der Waals surface area contributed by atoms with Crippen LogP contribution in [-0.2, 0) is 11.2 Å². The average Bonchev–Trinajstić information content (AvgIpc) is 3.18. The SMILES string of the molecule is O=C(C1CCC1)N1CCC[C@@H](Cc2nc(C3CC3)no2)C1. The van der Waals surface area contributed by atoms with E-state index in [0.717, 1.165) is 56.9 Å². The van der Waals surface area contributed by atoms with E-state index in [0.29, 0.717) is 23.7 Å². The Balaban J connectivity index is 1.34. The molecule has 5 nitrogen and oxygen atoms in total. The molecule has 0 spiro atoms. The minimum Gasteiger partial charge on any atom is -0.342 e. The van der Waals surface area contributed by atoms with Gasteiger partial charge in [0.25, 0.3) is 0 Å². The number of nitrogens with zero attached hydrogens (tertiary/aromatic N) is 3. The summed E-state index contributed by atoms with van der Waals surface area (Å²) >= 11 is 0. The Morgan fingerprint density at radius 2 is 2.05 bits per heavy atom. The Bertz CT molecular complexity index is 519. The van der Waals surface area contributed by atoms with Crippen molar-refractivity contribution in [2.45, 2.75) is 57.3 Å². The molecule has 1 atom stereocenters. The molecule has 0 bridgehead atoms. The van der Waals surface area contributed by atoms with Crippen molar-refractivity contribution in [2.24, 2.45) is 11.8 Å². The highest BCUT2D eigenvalue weighted by molar-refractivity contribution is 5.79. The molecule has 21 heavy (non-hydrogen) atoms. The van der Waals surface area contributed by atoms with E-state index in [9.17, 15) is 4.79 Å². The van der Waals surface area contributed by atoms with Crippen LogP contribution in [-0.4, -0.2) is 34.0 Å². The van der Waals surface area contributed by atoms with Gasteiger partial charge < -0.3 is 9.42 Å². The van der Waals surface area contributed by atoms with Gasteiger partial charge in [-0.1, -0.05) is 11.6 Å². The van der Waals surface area contributed by atoms with Crippen molar-refractivity contribution in [3.63, 3.8) is 0 Å². The normalized spacial score (nSPS) is 26.7. The third-order valence-corrected chi connectivity index (χ3v) is 5.17. The zero-order chi connectivity index (χ0) is 14.2. The van der Waals surface area contributed by atoms with E-state index in [2.05, 4.69) is 15.0 Å². The van der Waals surface area contributed by atoms with Crippen LogP contribution in [0.2, 0.25) is 0 Å². The molecule has 1 aliphatic heterocycles. The molecule has 0 unspecified atom stereocenters. The van der Waals surface area contributed by atoms with Gasteiger partial charge in [0.05, 0.1) is 0 Å². The molecule has 3 fully saturated rings. The van der Waals surface area contributed by atoms with Gasteiger partial charge in [0, 0.05) is 31.3 Å². The van der Waals surface area contributed by atoms with Crippen molar-refractivity contribution in [2.75, 3.05) is 13.1 Å². The molecule has 5 heteroatoms. The van der Waals surface area contributed by atoms with Gasteiger partial charge in [0.2, 0.25) is 11.8 Å². The number of hydrogen-bond acceptors (Lipinski definition) is 4. The van der Waals surface area contributed by atoms with E-state index in [1.165, 1.54) is 19.3 Å². The highest BCUT2D eigenvalue weighted by Crippen LogP contribution is 2.38. The first-order chi connectivity index (χ1) is 10.3. The zero-order valence-corrected chi connectivity index (χ0v) is 12.5. The van der Waals surface area contributed by atoms with Crippen molar-refractivity contribution >= 4 is 5.91 Å². The van der Waals surface area contributed by atoms with Crippen LogP contribution in [0.15, 0.2) is 4.52 Å². The first-order valence-electron chi connectivity index (χ1n) is 8.41. The summed E-state index contributed by atoms with van der Waals surface area (Å²) in [6.45, 7) is 1.81. The predicted molar refractivity (Wildman–Crippen MR) is 76.6 cm³/mol. The first-order valence-corrected chi connectivity index (χ1v) is 8.41. The fourth-order valence-corrected chi connectivity index (χ4v) is 3.45. The summed E-state index contributed by atoms with van der Waals surface area (Å²) in [6.07, 6.45) is 8.90. The van der Waals surface area contributed by atoms with E-state index in [-0.39, 0.29) is 0 Å². The molecule has 2 aliphatic carbocycles. The Hall–Kier alpha value is -1.39. The Labute approximate surface area is 125 Å². The Kier molecular flexibility index (Phi) is 3.43. The van der Waals surface area contributed by atoms with Gasteiger partial charge in [0.1, 0.15) is 0 Å². The highest BCUT2D eigenvalue weighted by Gasteiger charge is 2.33. The maximum Gasteiger partial charge on any atom is 0.226 e. The number of likely N-dealkylation sites (tertiary alicyclic amines) is 1. The van der Waals surface area contributed by atoms with Crippen LogP contribution in [0.1, 0.15) is 62.6 Å². The quantitative estimate of drug-likeness (QED) is 0.854. The summed E-state index contributed by atoms with van der Waals surface area (Å²) in [4.78, 5) is 19.0. The summed E-state index contributed by atoms with van der Waals surface area (Å²) in [5, 5.41) is 4.08. The van der Waals surface area contributed by atoms with Gasteiger partial charge in [-0.3, -0.25) is 4.79 Å². The lowest BCUT2D eigenvalue weighted by atomic mass is 9.83. The molecular formula is C16H23N3O2. The van der Waals surface area contributed by atoms with Crippen molar-refractivity contribution in [1.82, 2.24) is 15.0 Å². The topological polar surface area (TPSA) is 59.2 Å². The monoisotopic (exact) mass is 289 g/mol. The molecule has 1 amide bonds. The average molecular weight is 289 g/mol. The van der Waals surface area contributed by atoms with Gasteiger partial charge in [-0.2, -0.15) is 4.98 Å². The van der Waals surface area contributed by atoms with Crippen molar-refractivity contribution in [3.8, 4) is 0 Å². The van der Waals surface area contributed by atoms with Gasteiger partial charge in [-0.25, -0.2) is 0 Å². The minimum atomic E-state index is 0.314. The standard InChI is InChI=1S/C16H23N3O2/c20-16(13-4-1-5-13)19-8-2-3-11(10-19)9-14-17-15(18-21-14)12-6-7-12/h11-13H,1-10H2/t11-/m0/s1. The van der Waals surface area contributed by atoms with Crippen LogP contribution < -0.4 is 0 Å². The first kappa shape index (κ1) is 13.3. The number of hydrogen-bond donors (Lipinski definition) is 0. The van der Waals surface area contributed by atoms with E-state index in [4.69, 9.17) is 4.52 Å². The fraction of sp³-hybridized carbons (Fsp3) is 0.812. The fourth-order valence-electron chi connectivity index (χ4n) is 3.45. The second-order valence-corrected chi connectivity index (χ2v) is 6.95. The van der Waals surface area contributed by atoms with Gasteiger partial charge in [-0.15, -0.1) is 0 Å². The third kappa shape index (κ3) is 2.83. The molecule has 4 rings (SSSR count). The summed E-state index contributed by atoms with van der Waals surface area (Å²) in [5.41, 5.74) is 0. The zero-order valence-electron chi connectivity index (χ0n) is 12.5. The molecular weight excluding hydrogens is 266 g/mol. The smallest absolute Gasteiger partial charge is 0.226 e. The van der Waals surface area contributed by atoms with Crippen molar-refractivity contribution in [3.05, 3.63) is 11.7 Å². The number of amides is 1. The second-order valence-electron chi connectivity index (χ2n) is 6.95. The van der Waals surface area contributed by atoms with Crippen molar-refractivity contribution in [1.29, 1.82) is 0 Å². The second kappa shape index (κ2) is 5.43. The minimum absolute atomic E-state index is 0.314. The summed E-state index contributed by atoms with van der Waals surface area (Å²) in [5.74, 6) is 3.38. The highest BCUT2D eigenvalue weighted by atomic mass is 16.5. The van der Waals surface area contributed by atoms with Gasteiger partial charge >= 0.3 is 0 Å². The lowest BCUT2D eigenvalue weighted by molar-refractivity contribution is -0.140. The Morgan fingerprint density at radius 3 is 2.76 bits per heavy atom. The molecule has 0 N–H and O–H groups in total. The van der Waals surface area contributed by atoms with Gasteiger partial charge in [0.15, 0.2) is 5.82 Å². The molecule has 1 saturated heterocycles. The van der Waals surface area contributed by atoms with Crippen molar-refractivity contribution < 1.29 is 9.32 Å². The molecule has 1 aromatic rings. The van der Waals surface area contributed by atoms with Crippen LogP contribution in [0.4, 0.5) is 0 Å². The molecule has 3 aliphatic rings. The van der Waals surface area contributed by atoms with Crippen LogP contribution >= 0.6 is 0 Å².